The quantitative estimate of drug-likeness (QED) is 0.131. The number of carbonyl (C=O) groups is 1. The zero-order valence-corrected chi connectivity index (χ0v) is 35.8. The fourth-order valence-corrected chi connectivity index (χ4v) is 11.9. The van der Waals surface area contributed by atoms with Crippen LogP contribution in [0.2, 0.25) is 0 Å². The molecule has 2 saturated carbocycles. The Morgan fingerprint density at radius 1 is 0.667 bits per heavy atom. The Bertz CT molecular complexity index is 2830. The third kappa shape index (κ3) is 7.65. The molecule has 0 unspecified atom stereocenters. The van der Waals surface area contributed by atoms with E-state index in [1.54, 1.807) is 46.0 Å². The van der Waals surface area contributed by atoms with Crippen molar-refractivity contribution in [1.82, 2.24) is 19.6 Å². The zero-order chi connectivity index (χ0) is 46.9. The van der Waals surface area contributed by atoms with Crippen molar-refractivity contribution in [2.75, 3.05) is 0 Å². The highest BCUT2D eigenvalue weighted by Crippen LogP contribution is 2.58. The fraction of sp³-hybridized carbons (Fsp3) is 0.440. The number of carbonyl (C=O) groups excluding carboxylic acids is 1. The number of alkyl halides is 6. The lowest BCUT2D eigenvalue weighted by Gasteiger charge is -2.50. The standard InChI is InChI=1S/C25H23F4N3O.C25H24F4N2O2/c26-19-4-6-20(7-5-19)32-22-13-16-2-1-3-18-14-24(33,25(27,28)29)9-8-23(18,10-11-30)21(16)12-17(22)15-31-32;26-19-4-6-20(7-5-19)31-22-13-16-2-1-3-18-14-24(33,25(27,28)29)9-8-23(18,10-11-32)21(16)12-17(22)15-30-31/h4-7,12-13,15,18,33H,1-3,8-10,14H2;4-7,11-13,15,18,33H,1-3,8-10,14H2/t2*18-,23+,24-/m11/s1. The second kappa shape index (κ2) is 16.6. The lowest BCUT2D eigenvalue weighted by atomic mass is 9.56. The van der Waals surface area contributed by atoms with Crippen LogP contribution in [0.3, 0.4) is 0 Å². The maximum absolute atomic E-state index is 13.6. The molecule has 4 aliphatic carbocycles. The third-order valence-electron chi connectivity index (χ3n) is 15.4. The molecule has 0 bridgehead atoms. The Kier molecular flexibility index (Phi) is 11.4. The first kappa shape index (κ1) is 45.5. The summed E-state index contributed by atoms with van der Waals surface area (Å²) in [6, 6.07) is 22.2. The number of benzene rings is 4. The van der Waals surface area contributed by atoms with E-state index in [-0.39, 0.29) is 43.7 Å². The lowest BCUT2D eigenvalue weighted by Crippen LogP contribution is -2.55. The number of nitrogens with zero attached hydrogens (tertiary/aromatic N) is 5. The van der Waals surface area contributed by atoms with E-state index in [0.717, 1.165) is 50.3 Å². The van der Waals surface area contributed by atoms with E-state index in [2.05, 4.69) is 16.3 Å². The molecule has 66 heavy (non-hydrogen) atoms. The van der Waals surface area contributed by atoms with Gasteiger partial charge in [-0.15, -0.1) is 0 Å². The maximum Gasteiger partial charge on any atom is 0.417 e. The zero-order valence-electron chi connectivity index (χ0n) is 35.8. The molecule has 2 heterocycles. The van der Waals surface area contributed by atoms with Gasteiger partial charge in [0.05, 0.1) is 40.9 Å². The van der Waals surface area contributed by atoms with E-state index < -0.39 is 65.5 Å². The van der Waals surface area contributed by atoms with Gasteiger partial charge in [-0.1, -0.05) is 0 Å². The monoisotopic (exact) mass is 917 g/mol. The van der Waals surface area contributed by atoms with Gasteiger partial charge in [-0.25, -0.2) is 18.1 Å². The number of hydrogen-bond acceptors (Lipinski definition) is 6. The van der Waals surface area contributed by atoms with Gasteiger partial charge in [-0.05, 0) is 184 Å². The molecule has 0 radical (unpaired) electrons. The molecule has 6 aromatic rings. The Balaban J connectivity index is 0.000000166. The van der Waals surface area contributed by atoms with Crippen LogP contribution in [-0.4, -0.2) is 59.6 Å². The normalized spacial score (nSPS) is 27.5. The van der Waals surface area contributed by atoms with E-state index in [4.69, 9.17) is 0 Å². The fourth-order valence-electron chi connectivity index (χ4n) is 11.9. The van der Waals surface area contributed by atoms with Gasteiger partial charge in [0.2, 0.25) is 0 Å². The number of aryl methyl sites for hydroxylation is 2. The molecular formula is C50H47F8N5O3. The first-order valence-corrected chi connectivity index (χ1v) is 22.3. The van der Waals surface area contributed by atoms with Crippen molar-refractivity contribution in [2.24, 2.45) is 11.8 Å². The van der Waals surface area contributed by atoms with E-state index >= 15 is 0 Å². The first-order chi connectivity index (χ1) is 31.3. The van der Waals surface area contributed by atoms with Crippen LogP contribution >= 0.6 is 0 Å². The molecule has 0 amide bonds. The minimum Gasteiger partial charge on any atom is -0.380 e. The summed E-state index contributed by atoms with van der Waals surface area (Å²) in [7, 11) is 0. The highest BCUT2D eigenvalue weighted by Gasteiger charge is 2.62. The van der Waals surface area contributed by atoms with E-state index in [9.17, 15) is 55.4 Å². The van der Waals surface area contributed by atoms with Crippen molar-refractivity contribution in [3.8, 4) is 17.4 Å². The van der Waals surface area contributed by atoms with Crippen LogP contribution in [0.4, 0.5) is 35.1 Å². The summed E-state index contributed by atoms with van der Waals surface area (Å²) >= 11 is 0. The van der Waals surface area contributed by atoms with E-state index in [1.807, 2.05) is 24.3 Å². The van der Waals surface area contributed by atoms with Crippen LogP contribution in [0.15, 0.2) is 85.2 Å². The molecule has 10 rings (SSSR count). The molecular weight excluding hydrogens is 871 g/mol. The number of halogens is 8. The van der Waals surface area contributed by atoms with Gasteiger partial charge in [-0.2, -0.15) is 41.8 Å². The van der Waals surface area contributed by atoms with Gasteiger partial charge in [0.15, 0.2) is 11.2 Å². The lowest BCUT2D eigenvalue weighted by molar-refractivity contribution is -0.279. The SMILES string of the molecule is N#CC[C@@]12CC[C@](O)(C(F)(F)F)C[C@H]1CCCc1cc3c(cnn3-c3ccc(F)cc3)cc12.O=CC[C@@]12CC[C@](O)(C(F)(F)F)C[C@H]1CCCc1cc3c(cnn3-c3ccc(F)cc3)cc12. The molecule has 0 saturated heterocycles. The van der Waals surface area contributed by atoms with Crippen LogP contribution in [0.1, 0.15) is 99.3 Å². The topological polar surface area (TPSA) is 117 Å². The van der Waals surface area contributed by atoms with Gasteiger partial charge in [0.25, 0.3) is 0 Å². The molecule has 16 heteroatoms. The second-order valence-corrected chi connectivity index (χ2v) is 18.9. The highest BCUT2D eigenvalue weighted by atomic mass is 19.4. The summed E-state index contributed by atoms with van der Waals surface area (Å²) in [4.78, 5) is 11.8. The summed E-state index contributed by atoms with van der Waals surface area (Å²) in [5.41, 5.74) is -0.0436. The summed E-state index contributed by atoms with van der Waals surface area (Å²) in [6.07, 6.45) is -2.69. The van der Waals surface area contributed by atoms with Crippen LogP contribution in [-0.2, 0) is 28.5 Å². The minimum atomic E-state index is -4.70. The highest BCUT2D eigenvalue weighted by molar-refractivity contribution is 5.84. The van der Waals surface area contributed by atoms with E-state index in [1.165, 1.54) is 24.3 Å². The Labute approximate surface area is 374 Å². The maximum atomic E-state index is 13.6. The number of fused-ring (bicyclic) bond motifs is 8. The molecule has 346 valence electrons. The Hall–Kier alpha value is -5.66. The number of rotatable bonds is 5. The van der Waals surface area contributed by atoms with Gasteiger partial charge < -0.3 is 15.0 Å². The van der Waals surface area contributed by atoms with Gasteiger partial charge in [0, 0.05) is 34.4 Å². The van der Waals surface area contributed by atoms with Crippen molar-refractivity contribution in [2.45, 2.75) is 124 Å². The smallest absolute Gasteiger partial charge is 0.380 e. The molecule has 2 N–H and O–H groups in total. The predicted molar refractivity (Wildman–Crippen MR) is 229 cm³/mol. The Morgan fingerprint density at radius 2 is 1.09 bits per heavy atom. The number of nitriles is 1. The molecule has 4 aliphatic rings. The van der Waals surface area contributed by atoms with E-state index in [0.29, 0.717) is 49.9 Å². The number of hydrogen-bond donors (Lipinski definition) is 2. The molecule has 2 aromatic heterocycles. The average molecular weight is 918 g/mol. The predicted octanol–water partition coefficient (Wildman–Crippen LogP) is 11.2. The molecule has 6 atom stereocenters. The van der Waals surface area contributed by atoms with Crippen molar-refractivity contribution < 1.29 is 50.1 Å². The summed E-state index contributed by atoms with van der Waals surface area (Å²) < 4.78 is 112. The largest absolute Gasteiger partial charge is 0.417 e. The van der Waals surface area contributed by atoms with Crippen molar-refractivity contribution in [1.29, 1.82) is 5.26 Å². The second-order valence-electron chi connectivity index (χ2n) is 18.9. The summed E-state index contributed by atoms with van der Waals surface area (Å²) in [5, 5.41) is 41.1. The molecule has 0 spiro atoms. The van der Waals surface area contributed by atoms with Crippen LogP contribution in [0, 0.1) is 34.8 Å². The van der Waals surface area contributed by atoms with Gasteiger partial charge >= 0.3 is 12.4 Å². The number of aldehydes is 1. The van der Waals surface area contributed by atoms with Gasteiger partial charge in [0.1, 0.15) is 17.9 Å². The third-order valence-corrected chi connectivity index (χ3v) is 15.4. The molecule has 2 fully saturated rings. The van der Waals surface area contributed by atoms with Crippen LogP contribution < -0.4 is 0 Å². The number of aliphatic hydroxyl groups is 2. The molecule has 8 nitrogen and oxygen atoms in total. The summed E-state index contributed by atoms with van der Waals surface area (Å²) in [5.74, 6) is -1.58. The Morgan fingerprint density at radius 3 is 1.52 bits per heavy atom. The van der Waals surface area contributed by atoms with Crippen molar-refractivity contribution in [3.63, 3.8) is 0 Å². The summed E-state index contributed by atoms with van der Waals surface area (Å²) in [6.45, 7) is 0. The van der Waals surface area contributed by atoms with Crippen molar-refractivity contribution in [3.05, 3.63) is 119 Å². The number of aromatic nitrogens is 4. The van der Waals surface area contributed by atoms with Crippen LogP contribution in [0.25, 0.3) is 33.2 Å². The average Bonchev–Trinajstić information content (AvgIpc) is 3.81. The molecule has 4 aromatic carbocycles. The van der Waals surface area contributed by atoms with Crippen molar-refractivity contribution >= 4 is 28.1 Å². The molecule has 0 aliphatic heterocycles. The first-order valence-electron chi connectivity index (χ1n) is 22.3. The van der Waals surface area contributed by atoms with Crippen LogP contribution in [0.5, 0.6) is 0 Å². The van der Waals surface area contributed by atoms with Gasteiger partial charge in [-0.3, -0.25) is 0 Å². The minimum absolute atomic E-state index is 0.0943.